The molecule has 2 fully saturated rings. The predicted molar refractivity (Wildman–Crippen MR) is 105 cm³/mol. The van der Waals surface area contributed by atoms with Gasteiger partial charge in [-0.15, -0.1) is 0 Å². The van der Waals surface area contributed by atoms with E-state index in [4.69, 9.17) is 4.74 Å². The van der Waals surface area contributed by atoms with E-state index in [-0.39, 0.29) is 11.8 Å². The first-order valence-electron chi connectivity index (χ1n) is 9.76. The van der Waals surface area contributed by atoms with E-state index >= 15 is 0 Å². The Bertz CT molecular complexity index is 740. The number of benzene rings is 1. The summed E-state index contributed by atoms with van der Waals surface area (Å²) in [5.41, 5.74) is 1.25. The Labute approximate surface area is 162 Å². The van der Waals surface area contributed by atoms with Gasteiger partial charge in [0.2, 0.25) is 15.9 Å². The van der Waals surface area contributed by atoms with Crippen molar-refractivity contribution in [1.29, 1.82) is 0 Å². The number of rotatable bonds is 4. The van der Waals surface area contributed by atoms with Gasteiger partial charge in [0.25, 0.3) is 0 Å². The Morgan fingerprint density at radius 3 is 2.30 bits per heavy atom. The van der Waals surface area contributed by atoms with Crippen molar-refractivity contribution in [2.45, 2.75) is 38.0 Å². The second kappa shape index (κ2) is 8.61. The third-order valence-corrected chi connectivity index (χ3v) is 7.15. The lowest BCUT2D eigenvalue weighted by atomic mass is 9.93. The molecule has 1 aromatic rings. The summed E-state index contributed by atoms with van der Waals surface area (Å²) in [7, 11) is -1.50. The molecule has 1 aromatic carbocycles. The Kier molecular flexibility index (Phi) is 6.42. The Balaban J connectivity index is 1.64. The van der Waals surface area contributed by atoms with Gasteiger partial charge >= 0.3 is 0 Å². The summed E-state index contributed by atoms with van der Waals surface area (Å²) in [4.78, 5) is 15.1. The lowest BCUT2D eigenvalue weighted by molar-refractivity contribution is -0.136. The quantitative estimate of drug-likeness (QED) is 0.787. The molecule has 27 heavy (non-hydrogen) atoms. The van der Waals surface area contributed by atoms with Gasteiger partial charge < -0.3 is 9.64 Å². The van der Waals surface area contributed by atoms with Crippen LogP contribution in [0.3, 0.4) is 0 Å². The third-order valence-electron chi connectivity index (χ3n) is 5.84. The van der Waals surface area contributed by atoms with Crippen molar-refractivity contribution in [2.75, 3.05) is 39.5 Å². The molecule has 150 valence electrons. The van der Waals surface area contributed by atoms with Crippen molar-refractivity contribution < 1.29 is 17.9 Å². The molecule has 1 atom stereocenters. The summed E-state index contributed by atoms with van der Waals surface area (Å²) in [6.45, 7) is 2.45. The number of hydrogen-bond acceptors (Lipinski definition) is 4. The lowest BCUT2D eigenvalue weighted by Crippen LogP contribution is -2.45. The molecule has 2 heterocycles. The van der Waals surface area contributed by atoms with Gasteiger partial charge in [-0.1, -0.05) is 18.6 Å². The fourth-order valence-corrected chi connectivity index (χ4v) is 5.06. The predicted octanol–water partition coefficient (Wildman–Crippen LogP) is 2.46. The van der Waals surface area contributed by atoms with Crippen LogP contribution in [0.5, 0.6) is 5.75 Å². The normalized spacial score (nSPS) is 23.0. The number of carbonyl (C=O) groups is 1. The van der Waals surface area contributed by atoms with Gasteiger partial charge in [-0.05, 0) is 43.4 Å². The molecule has 0 radical (unpaired) electrons. The molecule has 0 saturated carbocycles. The number of likely N-dealkylation sites (tertiary alicyclic amines) is 1. The average molecular weight is 395 g/mol. The van der Waals surface area contributed by atoms with Crippen LogP contribution in [-0.2, 0) is 14.8 Å². The van der Waals surface area contributed by atoms with Crippen LogP contribution in [-0.4, -0.2) is 63.1 Å². The molecule has 2 aliphatic heterocycles. The van der Waals surface area contributed by atoms with Crippen LogP contribution in [0.1, 0.15) is 43.6 Å². The number of nitrogens with zero attached hydrogens (tertiary/aromatic N) is 2. The molecule has 3 rings (SSSR count). The molecule has 0 spiro atoms. The molecule has 2 saturated heterocycles. The van der Waals surface area contributed by atoms with Crippen molar-refractivity contribution in [3.63, 3.8) is 0 Å². The standard InChI is InChI=1S/C20H30N2O4S/c1-26-19-8-6-16(7-9-19)18-5-3-4-12-21(15-18)20(23)17-10-13-22(14-11-17)27(2,24)25/h6-9,17-18H,3-5,10-15H2,1-2H3. The lowest BCUT2D eigenvalue weighted by Gasteiger charge is -2.33. The highest BCUT2D eigenvalue weighted by Gasteiger charge is 2.33. The van der Waals surface area contributed by atoms with E-state index in [9.17, 15) is 13.2 Å². The van der Waals surface area contributed by atoms with Crippen LogP contribution < -0.4 is 4.74 Å². The molecule has 0 aromatic heterocycles. The highest BCUT2D eigenvalue weighted by molar-refractivity contribution is 7.88. The zero-order chi connectivity index (χ0) is 19.4. The molecular formula is C20H30N2O4S. The number of ether oxygens (including phenoxy) is 1. The van der Waals surface area contributed by atoms with Crippen LogP contribution >= 0.6 is 0 Å². The molecular weight excluding hydrogens is 364 g/mol. The van der Waals surface area contributed by atoms with E-state index < -0.39 is 10.0 Å². The smallest absolute Gasteiger partial charge is 0.225 e. The molecule has 0 bridgehead atoms. The van der Waals surface area contributed by atoms with Crippen LogP contribution in [0.25, 0.3) is 0 Å². The zero-order valence-corrected chi connectivity index (χ0v) is 17.1. The van der Waals surface area contributed by atoms with E-state index in [2.05, 4.69) is 12.1 Å². The third kappa shape index (κ3) is 5.02. The molecule has 0 aliphatic carbocycles. The van der Waals surface area contributed by atoms with E-state index in [1.165, 1.54) is 16.1 Å². The Morgan fingerprint density at radius 1 is 1.04 bits per heavy atom. The van der Waals surface area contributed by atoms with Gasteiger partial charge in [0.1, 0.15) is 5.75 Å². The van der Waals surface area contributed by atoms with E-state index in [1.54, 1.807) is 7.11 Å². The first-order chi connectivity index (χ1) is 12.9. The SMILES string of the molecule is COc1ccc(C2CCCCN(C(=O)C3CCN(S(C)(=O)=O)CC3)C2)cc1. The molecule has 1 unspecified atom stereocenters. The number of amides is 1. The summed E-state index contributed by atoms with van der Waals surface area (Å²) in [6.07, 6.45) is 5.71. The fraction of sp³-hybridized carbons (Fsp3) is 0.650. The summed E-state index contributed by atoms with van der Waals surface area (Å²) in [5, 5.41) is 0. The number of methoxy groups -OCH3 is 1. The maximum absolute atomic E-state index is 13.1. The molecule has 6 nitrogen and oxygen atoms in total. The second-order valence-corrected chi connectivity index (χ2v) is 9.67. The first-order valence-corrected chi connectivity index (χ1v) is 11.6. The minimum atomic E-state index is -3.16. The van der Waals surface area contributed by atoms with Gasteiger partial charge in [0.15, 0.2) is 0 Å². The van der Waals surface area contributed by atoms with Gasteiger partial charge in [0.05, 0.1) is 13.4 Å². The van der Waals surface area contributed by atoms with Crippen molar-refractivity contribution >= 4 is 15.9 Å². The van der Waals surface area contributed by atoms with Crippen LogP contribution in [0, 0.1) is 5.92 Å². The maximum atomic E-state index is 13.1. The largest absolute Gasteiger partial charge is 0.497 e. The second-order valence-electron chi connectivity index (χ2n) is 7.69. The molecule has 0 N–H and O–H groups in total. The van der Waals surface area contributed by atoms with E-state index in [0.717, 1.165) is 38.1 Å². The van der Waals surface area contributed by atoms with Gasteiger partial charge in [-0.3, -0.25) is 4.79 Å². The van der Waals surface area contributed by atoms with Crippen LogP contribution in [0.2, 0.25) is 0 Å². The number of sulfonamides is 1. The van der Waals surface area contributed by atoms with Crippen molar-refractivity contribution in [2.24, 2.45) is 5.92 Å². The van der Waals surface area contributed by atoms with Crippen LogP contribution in [0.4, 0.5) is 0 Å². The fourth-order valence-electron chi connectivity index (χ4n) is 4.18. The highest BCUT2D eigenvalue weighted by atomic mass is 32.2. The minimum absolute atomic E-state index is 0.0578. The first kappa shape index (κ1) is 20.1. The van der Waals surface area contributed by atoms with Gasteiger partial charge in [0, 0.05) is 38.0 Å². The summed E-state index contributed by atoms with van der Waals surface area (Å²) < 4.78 is 30.1. The molecule has 7 heteroatoms. The summed E-state index contributed by atoms with van der Waals surface area (Å²) in [5.74, 6) is 1.33. The maximum Gasteiger partial charge on any atom is 0.225 e. The highest BCUT2D eigenvalue weighted by Crippen LogP contribution is 2.30. The van der Waals surface area contributed by atoms with E-state index in [0.29, 0.717) is 31.8 Å². The van der Waals surface area contributed by atoms with Crippen molar-refractivity contribution in [3.8, 4) is 5.75 Å². The average Bonchev–Trinajstić information content (AvgIpc) is 2.93. The van der Waals surface area contributed by atoms with Crippen LogP contribution in [0.15, 0.2) is 24.3 Å². The van der Waals surface area contributed by atoms with Crippen molar-refractivity contribution in [1.82, 2.24) is 9.21 Å². The molecule has 1 amide bonds. The van der Waals surface area contributed by atoms with Gasteiger partial charge in [-0.2, -0.15) is 0 Å². The Morgan fingerprint density at radius 2 is 1.70 bits per heavy atom. The zero-order valence-electron chi connectivity index (χ0n) is 16.3. The molecule has 2 aliphatic rings. The number of hydrogen-bond donors (Lipinski definition) is 0. The van der Waals surface area contributed by atoms with Gasteiger partial charge in [-0.25, -0.2) is 12.7 Å². The summed E-state index contributed by atoms with van der Waals surface area (Å²) in [6, 6.07) is 8.16. The van der Waals surface area contributed by atoms with Crippen molar-refractivity contribution in [3.05, 3.63) is 29.8 Å². The summed E-state index contributed by atoms with van der Waals surface area (Å²) >= 11 is 0. The monoisotopic (exact) mass is 394 g/mol. The number of carbonyl (C=O) groups excluding carboxylic acids is 1. The topological polar surface area (TPSA) is 66.9 Å². The minimum Gasteiger partial charge on any atom is -0.497 e. The number of piperidine rings is 1. The Hall–Kier alpha value is -1.60. The van der Waals surface area contributed by atoms with E-state index in [1.807, 2.05) is 17.0 Å².